The van der Waals surface area contributed by atoms with Gasteiger partial charge in [-0.1, -0.05) is 62.7 Å². The second-order valence-electron chi connectivity index (χ2n) is 14.2. The molecule has 2 aliphatic heterocycles. The number of carbonyl (C=O) groups excluding carboxylic acids is 2. The number of unbranched alkanes of at least 4 members (excludes halogenated alkanes) is 2. The predicted molar refractivity (Wildman–Crippen MR) is 185 cm³/mol. The molecule has 0 atom stereocenters. The summed E-state index contributed by atoms with van der Waals surface area (Å²) in [5, 5.41) is 5.69. The van der Waals surface area contributed by atoms with Crippen molar-refractivity contribution < 1.29 is 18.9 Å². The molecule has 0 aliphatic carbocycles. The summed E-state index contributed by atoms with van der Waals surface area (Å²) in [5.74, 6) is 0.0603. The van der Waals surface area contributed by atoms with E-state index in [4.69, 9.17) is 4.74 Å². The first-order valence-corrected chi connectivity index (χ1v) is 16.4. The lowest BCUT2D eigenvalue weighted by Crippen LogP contribution is -2.34. The molecule has 2 N–H and O–H groups in total. The number of fused-ring (bicyclic) bond motifs is 2. The van der Waals surface area contributed by atoms with E-state index in [0.29, 0.717) is 25.9 Å². The second kappa shape index (κ2) is 14.1. The zero-order valence-electron chi connectivity index (χ0n) is 28.6. The van der Waals surface area contributed by atoms with Crippen molar-refractivity contribution in [2.24, 2.45) is 0 Å². The van der Waals surface area contributed by atoms with Gasteiger partial charge >= 0.3 is 6.09 Å². The lowest BCUT2D eigenvalue weighted by molar-refractivity contribution is -0.401. The highest BCUT2D eigenvalue weighted by atomic mass is 16.6. The van der Waals surface area contributed by atoms with Gasteiger partial charge in [-0.15, -0.1) is 0 Å². The van der Waals surface area contributed by atoms with Gasteiger partial charge in [0.25, 0.3) is 0 Å². The minimum Gasteiger partial charge on any atom is -0.444 e. The molecule has 2 aromatic carbocycles. The second-order valence-corrected chi connectivity index (χ2v) is 14.2. The van der Waals surface area contributed by atoms with Gasteiger partial charge in [-0.3, -0.25) is 4.79 Å². The van der Waals surface area contributed by atoms with Crippen LogP contribution in [0.3, 0.4) is 0 Å². The van der Waals surface area contributed by atoms with Crippen LogP contribution < -0.4 is 15.5 Å². The van der Waals surface area contributed by atoms with Gasteiger partial charge in [0, 0.05) is 60.6 Å². The summed E-state index contributed by atoms with van der Waals surface area (Å²) in [6.07, 6.45) is 10.4. The number of benzene rings is 2. The van der Waals surface area contributed by atoms with E-state index in [1.165, 1.54) is 33.9 Å². The van der Waals surface area contributed by atoms with Crippen LogP contribution in [0.25, 0.3) is 0 Å². The minimum atomic E-state index is -0.516. The van der Waals surface area contributed by atoms with Crippen molar-refractivity contribution in [3.8, 4) is 0 Å². The van der Waals surface area contributed by atoms with Crippen molar-refractivity contribution >= 4 is 29.1 Å². The number of ether oxygens (including phenoxy) is 1. The van der Waals surface area contributed by atoms with E-state index in [0.717, 1.165) is 25.8 Å². The third-order valence-corrected chi connectivity index (χ3v) is 8.88. The third-order valence-electron chi connectivity index (χ3n) is 8.88. The first kappa shape index (κ1) is 34.0. The lowest BCUT2D eigenvalue weighted by atomic mass is 9.81. The number of carbonyl (C=O) groups is 2. The molecule has 4 rings (SSSR count). The van der Waals surface area contributed by atoms with Crippen molar-refractivity contribution in [2.45, 2.75) is 97.0 Å². The van der Waals surface area contributed by atoms with Gasteiger partial charge in [-0.2, -0.15) is 4.58 Å². The van der Waals surface area contributed by atoms with Crippen molar-refractivity contribution in [2.75, 3.05) is 31.6 Å². The summed E-state index contributed by atoms with van der Waals surface area (Å²) in [5.41, 5.74) is 7.17. The number of hydrogen-bond donors (Lipinski definition) is 2. The average Bonchev–Trinajstić information content (AvgIpc) is 3.30. The summed E-state index contributed by atoms with van der Waals surface area (Å²) in [4.78, 5) is 26.6. The largest absolute Gasteiger partial charge is 0.444 e. The molecule has 2 aromatic rings. The van der Waals surface area contributed by atoms with Gasteiger partial charge < -0.3 is 20.3 Å². The molecule has 45 heavy (non-hydrogen) atoms. The van der Waals surface area contributed by atoms with E-state index >= 15 is 0 Å². The number of amides is 2. The molecule has 7 nitrogen and oxygen atoms in total. The molecule has 2 amide bonds. The van der Waals surface area contributed by atoms with Crippen molar-refractivity contribution in [3.05, 3.63) is 83.6 Å². The van der Waals surface area contributed by atoms with E-state index in [1.54, 1.807) is 0 Å². The highest BCUT2D eigenvalue weighted by Crippen LogP contribution is 2.47. The van der Waals surface area contributed by atoms with E-state index in [2.05, 4.69) is 122 Å². The van der Waals surface area contributed by atoms with Gasteiger partial charge in [-0.05, 0) is 71.6 Å². The Morgan fingerprint density at radius 1 is 0.867 bits per heavy atom. The van der Waals surface area contributed by atoms with Crippen LogP contribution in [0, 0.1) is 0 Å². The van der Waals surface area contributed by atoms with Gasteiger partial charge in [0.1, 0.15) is 12.6 Å². The molecular formula is C38H53N4O3+. The Hall–Kier alpha value is -3.87. The molecular weight excluding hydrogens is 560 g/mol. The highest BCUT2D eigenvalue weighted by Gasteiger charge is 2.43. The van der Waals surface area contributed by atoms with Crippen molar-refractivity contribution in [3.63, 3.8) is 0 Å². The fourth-order valence-corrected chi connectivity index (χ4v) is 6.56. The number of nitrogens with one attached hydrogen (secondary N) is 2. The Balaban J connectivity index is 1.30. The van der Waals surface area contributed by atoms with Crippen molar-refractivity contribution in [1.29, 1.82) is 0 Å². The lowest BCUT2D eigenvalue weighted by Gasteiger charge is -2.27. The number of nitrogens with zero attached hydrogens (tertiary/aromatic N) is 2. The zero-order valence-corrected chi connectivity index (χ0v) is 28.6. The van der Waals surface area contributed by atoms with E-state index < -0.39 is 11.7 Å². The van der Waals surface area contributed by atoms with Crippen LogP contribution in [0.4, 0.5) is 16.2 Å². The summed E-state index contributed by atoms with van der Waals surface area (Å²) in [7, 11) is 2.16. The molecule has 0 spiro atoms. The Labute approximate surface area is 270 Å². The smallest absolute Gasteiger partial charge is 0.407 e. The molecule has 0 saturated carbocycles. The normalized spacial score (nSPS) is 17.5. The maximum Gasteiger partial charge on any atom is 0.407 e. The van der Waals surface area contributed by atoms with Crippen LogP contribution >= 0.6 is 0 Å². The topological polar surface area (TPSA) is 73.7 Å². The zero-order chi connectivity index (χ0) is 32.8. The number of anilines is 1. The molecule has 0 saturated heterocycles. The molecule has 0 radical (unpaired) electrons. The summed E-state index contributed by atoms with van der Waals surface area (Å²) < 4.78 is 7.54. The minimum absolute atomic E-state index is 0.0581. The molecule has 242 valence electrons. The Bertz CT molecular complexity index is 1480. The average molecular weight is 614 g/mol. The molecule has 2 heterocycles. The highest BCUT2D eigenvalue weighted by molar-refractivity contribution is 6.03. The molecule has 0 fully saturated rings. The van der Waals surface area contributed by atoms with E-state index in [-0.39, 0.29) is 16.7 Å². The maximum absolute atomic E-state index is 12.4. The molecule has 0 bridgehead atoms. The number of alkyl carbamates (subject to hydrolysis) is 1. The van der Waals surface area contributed by atoms with E-state index in [1.807, 2.05) is 20.8 Å². The number of rotatable bonds is 12. The van der Waals surface area contributed by atoms with E-state index in [9.17, 15) is 9.59 Å². The Kier molecular flexibility index (Phi) is 10.6. The number of para-hydroxylation sites is 2. The third kappa shape index (κ3) is 8.05. The van der Waals surface area contributed by atoms with Gasteiger partial charge in [0.05, 0.1) is 5.41 Å². The molecule has 0 aromatic heterocycles. The van der Waals surface area contributed by atoms with Crippen LogP contribution in [-0.4, -0.2) is 54.6 Å². The SMILES string of the molecule is C[N+]1=C(/C=C/C=C2/N(CCCCCC(=O)NCCCNC(=O)OC(C)(C)C)c3ccccc3C2(C)C)C(C)(C)c2ccccc21. The van der Waals surface area contributed by atoms with Gasteiger partial charge in [0.15, 0.2) is 5.71 Å². The predicted octanol–water partition coefficient (Wildman–Crippen LogP) is 7.52. The maximum atomic E-state index is 12.4. The van der Waals surface area contributed by atoms with Crippen LogP contribution in [0.15, 0.2) is 72.5 Å². The fourth-order valence-electron chi connectivity index (χ4n) is 6.56. The molecule has 7 heteroatoms. The van der Waals surface area contributed by atoms with Crippen molar-refractivity contribution in [1.82, 2.24) is 10.6 Å². The van der Waals surface area contributed by atoms with Crippen LogP contribution in [0.5, 0.6) is 0 Å². The Morgan fingerprint density at radius 3 is 2.24 bits per heavy atom. The van der Waals surface area contributed by atoms with Gasteiger partial charge in [0.2, 0.25) is 11.6 Å². The monoisotopic (exact) mass is 613 g/mol. The summed E-state index contributed by atoms with van der Waals surface area (Å²) in [6.45, 7) is 16.6. The Morgan fingerprint density at radius 2 is 1.53 bits per heavy atom. The fraction of sp³-hybridized carbons (Fsp3) is 0.500. The summed E-state index contributed by atoms with van der Waals surface area (Å²) >= 11 is 0. The van der Waals surface area contributed by atoms with Crippen LogP contribution in [0.2, 0.25) is 0 Å². The first-order chi connectivity index (χ1) is 21.2. The quantitative estimate of drug-likeness (QED) is 0.192. The van der Waals surface area contributed by atoms with Crippen LogP contribution in [0.1, 0.15) is 91.7 Å². The molecule has 2 aliphatic rings. The van der Waals surface area contributed by atoms with Gasteiger partial charge in [-0.25, -0.2) is 4.79 Å². The number of allylic oxidation sites excluding steroid dienone is 4. The molecule has 0 unspecified atom stereocenters. The first-order valence-electron chi connectivity index (χ1n) is 16.4. The summed E-state index contributed by atoms with van der Waals surface area (Å²) in [6, 6.07) is 17.4. The number of hydrogen-bond acceptors (Lipinski definition) is 4. The standard InChI is InChI=1S/C38H52N4O3/c1-36(2,3)45-35(44)40-26-17-25-39-34(43)24-10-9-15-27-42-31-21-14-12-19-29(31)38(6,7)33(42)23-16-22-32-37(4,5)28-18-11-13-20-30(28)41(32)8/h11-14,16,18-23H,9-10,15,17,24-27H2,1-8H3,(H-,39,40,43,44)/p+1. The van der Waals surface area contributed by atoms with Crippen LogP contribution in [-0.2, 0) is 20.4 Å².